The Kier molecular flexibility index (Phi) is 6.76. The summed E-state index contributed by atoms with van der Waals surface area (Å²) in [5.74, 6) is 3.18. The van der Waals surface area contributed by atoms with Crippen molar-refractivity contribution in [1.82, 2.24) is 18.9 Å². The molecule has 0 radical (unpaired) electrons. The number of fused-ring (bicyclic) bond motifs is 9. The lowest BCUT2D eigenvalue weighted by molar-refractivity contribution is 0.484. The molecular formula is C44H36N4O. The van der Waals surface area contributed by atoms with Gasteiger partial charge in [-0.25, -0.2) is 9.97 Å². The molecule has 49 heavy (non-hydrogen) atoms. The summed E-state index contributed by atoms with van der Waals surface area (Å²) in [6.07, 6.45) is 5.79. The summed E-state index contributed by atoms with van der Waals surface area (Å²) in [5.41, 5.74) is 9.57. The van der Waals surface area contributed by atoms with E-state index in [0.717, 1.165) is 55.7 Å². The first kappa shape index (κ1) is 29.2. The van der Waals surface area contributed by atoms with Crippen molar-refractivity contribution in [1.29, 1.82) is 0 Å². The van der Waals surface area contributed by atoms with Gasteiger partial charge in [-0.05, 0) is 94.1 Å². The smallest absolute Gasteiger partial charge is 0.145 e. The number of benzene rings is 5. The summed E-state index contributed by atoms with van der Waals surface area (Å²) in [5, 5.41) is 5.79. The SMILES string of the molecule is CC(C)c1cccc(C(C)C)c1-c1cccc2c1c1ccc(Oc3ccc4c5ccccc5n(-c5ccccn5)c4c3)cc1c1nccn21. The summed E-state index contributed by atoms with van der Waals surface area (Å²) in [7, 11) is 0. The Hall–Kier alpha value is -5.94. The van der Waals surface area contributed by atoms with E-state index in [9.17, 15) is 0 Å². The quantitative estimate of drug-likeness (QED) is 0.171. The zero-order valence-corrected chi connectivity index (χ0v) is 28.1. The fraction of sp³-hybridized carbons (Fsp3) is 0.136. The number of aromatic nitrogens is 4. The van der Waals surface area contributed by atoms with Crippen LogP contribution in [0.15, 0.2) is 134 Å². The zero-order valence-electron chi connectivity index (χ0n) is 28.1. The first-order valence-electron chi connectivity index (χ1n) is 17.0. The topological polar surface area (TPSA) is 44.3 Å². The first-order valence-corrected chi connectivity index (χ1v) is 17.0. The van der Waals surface area contributed by atoms with Crippen molar-refractivity contribution < 1.29 is 4.74 Å². The van der Waals surface area contributed by atoms with E-state index >= 15 is 0 Å². The largest absolute Gasteiger partial charge is 0.457 e. The summed E-state index contributed by atoms with van der Waals surface area (Å²) in [6, 6.07) is 40.7. The Morgan fingerprint density at radius 1 is 0.551 bits per heavy atom. The van der Waals surface area contributed by atoms with Gasteiger partial charge in [0.1, 0.15) is 23.0 Å². The average Bonchev–Trinajstić information content (AvgIpc) is 3.75. The van der Waals surface area contributed by atoms with E-state index in [1.807, 2.05) is 30.6 Å². The highest BCUT2D eigenvalue weighted by atomic mass is 16.5. The predicted octanol–water partition coefficient (Wildman–Crippen LogP) is 11.8. The van der Waals surface area contributed by atoms with E-state index in [4.69, 9.17) is 9.72 Å². The van der Waals surface area contributed by atoms with Gasteiger partial charge >= 0.3 is 0 Å². The van der Waals surface area contributed by atoms with E-state index in [-0.39, 0.29) is 0 Å². The summed E-state index contributed by atoms with van der Waals surface area (Å²) >= 11 is 0. The lowest BCUT2D eigenvalue weighted by Gasteiger charge is -2.22. The minimum Gasteiger partial charge on any atom is -0.457 e. The van der Waals surface area contributed by atoms with Gasteiger partial charge in [0.2, 0.25) is 0 Å². The number of pyridine rings is 2. The standard InChI is InChI=1S/C44H36N4O/c1-27(2)31-12-9-13-32(28(3)4)42(31)36-14-10-16-39-43(36)35-21-19-29(25-37(35)44-46-23-24-47(39)44)49-30-18-20-34-33-11-5-6-15-38(33)48(40(34)26-30)41-17-7-8-22-45-41/h5-28H,1-4H3. The number of imidazole rings is 1. The second-order valence-corrected chi connectivity index (χ2v) is 13.5. The molecule has 0 atom stereocenters. The molecule has 5 nitrogen and oxygen atoms in total. The molecule has 4 heterocycles. The number of rotatable bonds is 6. The molecule has 0 spiro atoms. The molecule has 0 aliphatic rings. The lowest BCUT2D eigenvalue weighted by atomic mass is 9.83. The Labute approximate surface area is 285 Å². The fourth-order valence-electron chi connectivity index (χ4n) is 7.66. The first-order chi connectivity index (χ1) is 24.0. The van der Waals surface area contributed by atoms with E-state index in [0.29, 0.717) is 11.8 Å². The molecule has 5 aromatic carbocycles. The van der Waals surface area contributed by atoms with Gasteiger partial charge in [0.15, 0.2) is 0 Å². The Morgan fingerprint density at radius 2 is 1.24 bits per heavy atom. The molecule has 0 fully saturated rings. The van der Waals surface area contributed by atoms with Crippen molar-refractivity contribution in [3.05, 3.63) is 145 Å². The van der Waals surface area contributed by atoms with E-state index < -0.39 is 0 Å². The number of nitrogens with zero attached hydrogens (tertiary/aromatic N) is 4. The summed E-state index contributed by atoms with van der Waals surface area (Å²) in [4.78, 5) is 9.54. The van der Waals surface area contributed by atoms with Crippen LogP contribution < -0.4 is 4.74 Å². The fourth-order valence-corrected chi connectivity index (χ4v) is 7.66. The predicted molar refractivity (Wildman–Crippen MR) is 202 cm³/mol. The van der Waals surface area contributed by atoms with Gasteiger partial charge in [-0.15, -0.1) is 0 Å². The molecule has 0 N–H and O–H groups in total. The van der Waals surface area contributed by atoms with Gasteiger partial charge in [-0.2, -0.15) is 0 Å². The molecule has 9 aromatic rings. The third-order valence-electron chi connectivity index (χ3n) is 9.85. The third-order valence-corrected chi connectivity index (χ3v) is 9.85. The van der Waals surface area contributed by atoms with E-state index in [2.05, 4.69) is 145 Å². The van der Waals surface area contributed by atoms with Crippen LogP contribution in [0.2, 0.25) is 0 Å². The minimum absolute atomic E-state index is 0.390. The van der Waals surface area contributed by atoms with Crippen molar-refractivity contribution >= 4 is 49.1 Å². The van der Waals surface area contributed by atoms with Crippen LogP contribution in [0.5, 0.6) is 11.5 Å². The Morgan fingerprint density at radius 3 is 2.02 bits per heavy atom. The van der Waals surface area contributed by atoms with Gasteiger partial charge in [0, 0.05) is 46.2 Å². The lowest BCUT2D eigenvalue weighted by Crippen LogP contribution is -2.01. The van der Waals surface area contributed by atoms with Crippen LogP contribution in [-0.2, 0) is 0 Å². The second kappa shape index (κ2) is 11.3. The highest BCUT2D eigenvalue weighted by Crippen LogP contribution is 2.43. The van der Waals surface area contributed by atoms with Crippen molar-refractivity contribution in [3.8, 4) is 28.4 Å². The molecule has 5 heteroatoms. The molecule has 9 rings (SSSR count). The van der Waals surface area contributed by atoms with Crippen LogP contribution in [0.25, 0.3) is 66.1 Å². The van der Waals surface area contributed by atoms with Crippen molar-refractivity contribution in [3.63, 3.8) is 0 Å². The molecule has 0 aliphatic carbocycles. The van der Waals surface area contributed by atoms with Crippen LogP contribution in [0.3, 0.4) is 0 Å². The summed E-state index contributed by atoms with van der Waals surface area (Å²) < 4.78 is 11.1. The van der Waals surface area contributed by atoms with E-state index in [1.165, 1.54) is 33.0 Å². The third kappa shape index (κ3) is 4.61. The van der Waals surface area contributed by atoms with Crippen molar-refractivity contribution in [2.24, 2.45) is 0 Å². The highest BCUT2D eigenvalue weighted by molar-refractivity contribution is 6.17. The molecule has 238 valence electrons. The van der Waals surface area contributed by atoms with Crippen molar-refractivity contribution in [2.45, 2.75) is 39.5 Å². The molecular weight excluding hydrogens is 601 g/mol. The molecule has 0 aliphatic heterocycles. The molecule has 0 amide bonds. The monoisotopic (exact) mass is 636 g/mol. The number of hydrogen-bond donors (Lipinski definition) is 0. The van der Waals surface area contributed by atoms with Crippen LogP contribution >= 0.6 is 0 Å². The molecule has 0 saturated carbocycles. The van der Waals surface area contributed by atoms with E-state index in [1.54, 1.807) is 0 Å². The van der Waals surface area contributed by atoms with Crippen LogP contribution in [-0.4, -0.2) is 18.9 Å². The van der Waals surface area contributed by atoms with Crippen LogP contribution in [0.4, 0.5) is 0 Å². The summed E-state index contributed by atoms with van der Waals surface area (Å²) in [6.45, 7) is 9.16. The van der Waals surface area contributed by atoms with Gasteiger partial charge in [-0.3, -0.25) is 8.97 Å². The van der Waals surface area contributed by atoms with Crippen LogP contribution in [0, 0.1) is 0 Å². The van der Waals surface area contributed by atoms with Crippen molar-refractivity contribution in [2.75, 3.05) is 0 Å². The van der Waals surface area contributed by atoms with Gasteiger partial charge in [0.05, 0.1) is 16.6 Å². The van der Waals surface area contributed by atoms with Crippen LogP contribution in [0.1, 0.15) is 50.7 Å². The average molecular weight is 637 g/mol. The Balaban J connectivity index is 1.24. The Bertz CT molecular complexity index is 2670. The number of hydrogen-bond acceptors (Lipinski definition) is 3. The second-order valence-electron chi connectivity index (χ2n) is 13.5. The number of ether oxygens (including phenoxy) is 1. The highest BCUT2D eigenvalue weighted by Gasteiger charge is 2.21. The normalized spacial score (nSPS) is 12.0. The van der Waals surface area contributed by atoms with Gasteiger partial charge in [-0.1, -0.05) is 82.3 Å². The maximum Gasteiger partial charge on any atom is 0.145 e. The molecule has 0 saturated heterocycles. The van der Waals surface area contributed by atoms with Gasteiger partial charge < -0.3 is 4.74 Å². The molecule has 0 bridgehead atoms. The maximum atomic E-state index is 6.66. The molecule has 4 aromatic heterocycles. The number of para-hydroxylation sites is 1. The van der Waals surface area contributed by atoms with Gasteiger partial charge in [0.25, 0.3) is 0 Å². The zero-order chi connectivity index (χ0) is 33.2. The maximum absolute atomic E-state index is 6.66. The minimum atomic E-state index is 0.390. The molecule has 0 unspecified atom stereocenters.